The Kier molecular flexibility index (Phi) is 4.63. The zero-order valence-electron chi connectivity index (χ0n) is 14.9. The van der Waals surface area contributed by atoms with Gasteiger partial charge in [-0.3, -0.25) is 4.79 Å². The van der Waals surface area contributed by atoms with Crippen molar-refractivity contribution >= 4 is 5.91 Å². The Labute approximate surface area is 160 Å². The van der Waals surface area contributed by atoms with Gasteiger partial charge in [0.05, 0.1) is 23.4 Å². The first kappa shape index (κ1) is 19.1. The fourth-order valence-corrected chi connectivity index (χ4v) is 4.02. The van der Waals surface area contributed by atoms with Crippen LogP contribution in [0.25, 0.3) is 0 Å². The maximum Gasteiger partial charge on any atom is 0.219 e. The van der Waals surface area contributed by atoms with Crippen LogP contribution in [0.3, 0.4) is 0 Å². The van der Waals surface area contributed by atoms with Gasteiger partial charge in [-0.1, -0.05) is 12.1 Å². The minimum Gasteiger partial charge on any atom is -0.399 e. The van der Waals surface area contributed by atoms with E-state index in [1.54, 1.807) is 6.08 Å². The fraction of sp³-hybridized carbons (Fsp3) is 0.300. The molecule has 28 heavy (non-hydrogen) atoms. The highest BCUT2D eigenvalue weighted by Gasteiger charge is 2.54. The molecule has 0 bridgehead atoms. The molecule has 1 amide bonds. The van der Waals surface area contributed by atoms with Crippen molar-refractivity contribution < 1.29 is 13.6 Å². The van der Waals surface area contributed by atoms with Crippen LogP contribution in [0.1, 0.15) is 18.4 Å². The van der Waals surface area contributed by atoms with Gasteiger partial charge in [-0.2, -0.15) is 15.8 Å². The minimum absolute atomic E-state index is 0.0233. The molecule has 6 nitrogen and oxygen atoms in total. The zero-order valence-corrected chi connectivity index (χ0v) is 14.9. The van der Waals surface area contributed by atoms with E-state index < -0.39 is 28.9 Å². The van der Waals surface area contributed by atoms with Crippen molar-refractivity contribution in [3.05, 3.63) is 58.3 Å². The molecule has 1 heterocycles. The number of carbonyl (C=O) groups is 1. The Balaban J connectivity index is 2.33. The van der Waals surface area contributed by atoms with Crippen LogP contribution < -0.4 is 5.73 Å². The van der Waals surface area contributed by atoms with Crippen molar-refractivity contribution in [3.63, 3.8) is 0 Å². The van der Waals surface area contributed by atoms with E-state index in [4.69, 9.17) is 5.73 Å². The van der Waals surface area contributed by atoms with Crippen molar-refractivity contribution in [1.82, 2.24) is 4.90 Å². The predicted molar refractivity (Wildman–Crippen MR) is 93.4 cm³/mol. The molecule has 0 aromatic heterocycles. The van der Waals surface area contributed by atoms with Crippen LogP contribution in [-0.2, 0) is 4.79 Å². The number of benzene rings is 1. The van der Waals surface area contributed by atoms with Crippen molar-refractivity contribution in [1.29, 1.82) is 15.8 Å². The third kappa shape index (κ3) is 2.61. The Morgan fingerprint density at radius 3 is 2.46 bits per heavy atom. The number of nitrogens with zero attached hydrogens (tertiary/aromatic N) is 4. The summed E-state index contributed by atoms with van der Waals surface area (Å²) in [5.41, 5.74) is 4.66. The summed E-state index contributed by atoms with van der Waals surface area (Å²) in [6.07, 6.45) is 1.66. The maximum absolute atomic E-state index is 13.9. The van der Waals surface area contributed by atoms with E-state index in [9.17, 15) is 29.4 Å². The Bertz CT molecular complexity index is 1040. The molecule has 2 aliphatic rings. The quantitative estimate of drug-likeness (QED) is 0.803. The maximum atomic E-state index is 13.9. The summed E-state index contributed by atoms with van der Waals surface area (Å²) in [7, 11) is 0. The van der Waals surface area contributed by atoms with Gasteiger partial charge in [0.2, 0.25) is 5.91 Å². The van der Waals surface area contributed by atoms with Gasteiger partial charge in [-0.15, -0.1) is 0 Å². The molecule has 1 aromatic rings. The molecule has 0 unspecified atom stereocenters. The molecule has 140 valence electrons. The van der Waals surface area contributed by atoms with Crippen LogP contribution >= 0.6 is 0 Å². The minimum atomic E-state index is -1.96. The zero-order chi connectivity index (χ0) is 20.6. The molecule has 0 saturated carbocycles. The van der Waals surface area contributed by atoms with Crippen molar-refractivity contribution in [2.45, 2.75) is 12.8 Å². The molecule has 2 N–H and O–H groups in total. The van der Waals surface area contributed by atoms with Gasteiger partial charge < -0.3 is 10.6 Å². The topological polar surface area (TPSA) is 118 Å². The highest BCUT2D eigenvalue weighted by molar-refractivity contribution is 5.74. The van der Waals surface area contributed by atoms with E-state index in [0.29, 0.717) is 5.57 Å². The molecule has 0 radical (unpaired) electrons. The van der Waals surface area contributed by atoms with Crippen molar-refractivity contribution in [2.75, 3.05) is 13.1 Å². The van der Waals surface area contributed by atoms with Crippen LogP contribution in [0.15, 0.2) is 41.1 Å². The lowest BCUT2D eigenvalue weighted by molar-refractivity contribution is -0.129. The van der Waals surface area contributed by atoms with Crippen molar-refractivity contribution in [3.8, 4) is 18.2 Å². The molecule has 3 rings (SSSR count). The summed E-state index contributed by atoms with van der Waals surface area (Å²) >= 11 is 0. The summed E-state index contributed by atoms with van der Waals surface area (Å²) in [5, 5.41) is 29.4. The van der Waals surface area contributed by atoms with E-state index in [2.05, 4.69) is 0 Å². The van der Waals surface area contributed by atoms with Gasteiger partial charge in [0.1, 0.15) is 6.07 Å². The van der Waals surface area contributed by atoms with Gasteiger partial charge in [-0.05, 0) is 23.3 Å². The number of amides is 1. The van der Waals surface area contributed by atoms with E-state index in [-0.39, 0.29) is 35.8 Å². The number of fused-ring (bicyclic) bond motifs is 1. The largest absolute Gasteiger partial charge is 0.399 e. The second-order valence-electron chi connectivity index (χ2n) is 6.77. The molecule has 0 fully saturated rings. The van der Waals surface area contributed by atoms with E-state index >= 15 is 0 Å². The second-order valence-corrected chi connectivity index (χ2v) is 6.77. The normalized spacial score (nSPS) is 23.0. The van der Waals surface area contributed by atoms with Crippen molar-refractivity contribution in [2.24, 2.45) is 17.1 Å². The number of hydrogen-bond donors (Lipinski definition) is 1. The van der Waals surface area contributed by atoms with E-state index in [1.165, 1.54) is 17.9 Å². The lowest BCUT2D eigenvalue weighted by Crippen LogP contribution is -2.48. The summed E-state index contributed by atoms with van der Waals surface area (Å²) in [6, 6.07) is 8.90. The van der Waals surface area contributed by atoms with Gasteiger partial charge >= 0.3 is 0 Å². The summed E-state index contributed by atoms with van der Waals surface area (Å²) < 4.78 is 27.4. The van der Waals surface area contributed by atoms with Gasteiger partial charge in [-0.25, -0.2) is 8.78 Å². The molecule has 2 atom stereocenters. The number of rotatable bonds is 1. The number of nitrogens with two attached hydrogens (primary N) is 1. The first-order valence-electron chi connectivity index (χ1n) is 8.44. The second kappa shape index (κ2) is 6.79. The SMILES string of the molecule is CC(=O)N1CC=C2C(C#N)=C(N)C(C#N)(C#N)[C@H](c3ccc(F)c(F)c3)[C@H]2C1. The highest BCUT2D eigenvalue weighted by atomic mass is 19.2. The number of carbonyl (C=O) groups excluding carboxylic acids is 1. The van der Waals surface area contributed by atoms with Crippen LogP contribution in [0.5, 0.6) is 0 Å². The van der Waals surface area contributed by atoms with E-state index in [1.807, 2.05) is 18.2 Å². The van der Waals surface area contributed by atoms with Gasteiger partial charge in [0.25, 0.3) is 0 Å². The Morgan fingerprint density at radius 2 is 1.93 bits per heavy atom. The summed E-state index contributed by atoms with van der Waals surface area (Å²) in [6.45, 7) is 1.75. The third-order valence-electron chi connectivity index (χ3n) is 5.41. The number of hydrogen-bond acceptors (Lipinski definition) is 5. The van der Waals surface area contributed by atoms with Crippen LogP contribution in [-0.4, -0.2) is 23.9 Å². The highest BCUT2D eigenvalue weighted by Crippen LogP contribution is 2.54. The molecule has 1 aliphatic heterocycles. The lowest BCUT2D eigenvalue weighted by Gasteiger charge is -2.45. The molecule has 0 spiro atoms. The number of halogens is 2. The summed E-state index contributed by atoms with van der Waals surface area (Å²) in [5.74, 6) is -4.04. The smallest absolute Gasteiger partial charge is 0.219 e. The average Bonchev–Trinajstić information content (AvgIpc) is 2.69. The summed E-state index contributed by atoms with van der Waals surface area (Å²) in [4.78, 5) is 13.4. The van der Waals surface area contributed by atoms with Crippen LogP contribution in [0.2, 0.25) is 0 Å². The first-order valence-corrected chi connectivity index (χ1v) is 8.44. The molecule has 0 saturated heterocycles. The monoisotopic (exact) mass is 379 g/mol. The molecular weight excluding hydrogens is 364 g/mol. The molecule has 8 heteroatoms. The average molecular weight is 379 g/mol. The number of nitriles is 3. The Hall–Kier alpha value is -3.70. The van der Waals surface area contributed by atoms with Crippen LogP contribution in [0.4, 0.5) is 8.78 Å². The first-order chi connectivity index (χ1) is 13.3. The third-order valence-corrected chi connectivity index (χ3v) is 5.41. The van der Waals surface area contributed by atoms with E-state index in [0.717, 1.165) is 12.1 Å². The van der Waals surface area contributed by atoms with Gasteiger partial charge in [0.15, 0.2) is 17.0 Å². The van der Waals surface area contributed by atoms with Crippen LogP contribution in [0, 0.1) is 57.0 Å². The van der Waals surface area contributed by atoms with Gasteiger partial charge in [0, 0.05) is 31.8 Å². The fourth-order valence-electron chi connectivity index (χ4n) is 4.02. The molecule has 1 aromatic carbocycles. The number of allylic oxidation sites excluding steroid dienone is 2. The molecular formula is C20H15F2N5O. The lowest BCUT2D eigenvalue weighted by atomic mass is 9.58. The molecule has 1 aliphatic carbocycles. The standard InChI is InChI=1S/C20H15F2N5O/c1-11(28)27-5-4-13-14(7-23)19(26)20(9-24,10-25)18(15(13)8-27)12-2-3-16(21)17(22)6-12/h2-4,6,15,18H,5,8,26H2,1H3/t15-,18+/m0/s1. The Morgan fingerprint density at radius 1 is 1.25 bits per heavy atom. The predicted octanol–water partition coefficient (Wildman–Crippen LogP) is 2.24.